The maximum Gasteiger partial charge on any atom is 0.435 e. The molecule has 2 heterocycles. The number of carbonyl (C=O) groups excluding carboxylic acids is 2. The number of carbonyl (C=O) groups is 2. The van der Waals surface area contributed by atoms with Crippen molar-refractivity contribution < 1.29 is 22.8 Å². The summed E-state index contributed by atoms with van der Waals surface area (Å²) in [6.45, 7) is 0.931. The van der Waals surface area contributed by atoms with Crippen LogP contribution >= 0.6 is 0 Å². The molecule has 0 aliphatic carbocycles. The van der Waals surface area contributed by atoms with Gasteiger partial charge in [-0.05, 0) is 37.0 Å². The second-order valence-electron chi connectivity index (χ2n) is 8.97. The van der Waals surface area contributed by atoms with Crippen LogP contribution in [0.15, 0.2) is 66.9 Å². The molecule has 1 N–H and O–H groups in total. The van der Waals surface area contributed by atoms with Crippen LogP contribution in [0, 0.1) is 11.3 Å². The summed E-state index contributed by atoms with van der Waals surface area (Å²) in [5, 5.41) is 15.9. The Kier molecular flexibility index (Phi) is 7.62. The number of nitrogens with one attached hydrogen (secondary N) is 1. The summed E-state index contributed by atoms with van der Waals surface area (Å²) in [5.41, 5.74) is -1.12. The van der Waals surface area contributed by atoms with Gasteiger partial charge in [0.25, 0.3) is 5.91 Å². The molecule has 192 valence electrons. The van der Waals surface area contributed by atoms with Crippen molar-refractivity contribution in [3.8, 4) is 11.8 Å². The molecule has 3 aromatic rings. The number of alkyl halides is 3. The molecule has 0 atom stereocenters. The summed E-state index contributed by atoms with van der Waals surface area (Å²) >= 11 is 0. The van der Waals surface area contributed by atoms with Gasteiger partial charge in [-0.15, -0.1) is 0 Å². The first kappa shape index (κ1) is 25.9. The molecule has 2 amide bonds. The van der Waals surface area contributed by atoms with Crippen molar-refractivity contribution in [2.75, 3.05) is 19.6 Å². The third kappa shape index (κ3) is 5.82. The van der Waals surface area contributed by atoms with Gasteiger partial charge in [-0.25, -0.2) is 4.68 Å². The zero-order valence-electron chi connectivity index (χ0n) is 20.0. The van der Waals surface area contributed by atoms with Gasteiger partial charge in [0.05, 0.1) is 22.7 Å². The van der Waals surface area contributed by atoms with Crippen molar-refractivity contribution in [3.05, 3.63) is 83.7 Å². The van der Waals surface area contributed by atoms with E-state index >= 15 is 0 Å². The van der Waals surface area contributed by atoms with Gasteiger partial charge in [0.15, 0.2) is 5.69 Å². The molecule has 2 aromatic carbocycles. The predicted octanol–water partition coefficient (Wildman–Crippen LogP) is 4.49. The number of amides is 2. The third-order valence-corrected chi connectivity index (χ3v) is 6.61. The number of hydrogen-bond acceptors (Lipinski definition) is 4. The number of piperidine rings is 1. The van der Waals surface area contributed by atoms with Crippen LogP contribution in [0.25, 0.3) is 5.69 Å². The first-order valence-corrected chi connectivity index (χ1v) is 12.0. The fourth-order valence-corrected chi connectivity index (χ4v) is 4.52. The standard InChI is InChI=1S/C27H26F3N5O2/c28-27(29,30)24-22(18-35(33-24)21-10-5-2-6-11-21)25(37)32-15-7-12-23(36)34-16-13-26(19-31,14-17-34)20-8-3-1-4-9-20/h1-6,8-11,18H,7,12-17H2,(H,32,37). The summed E-state index contributed by atoms with van der Waals surface area (Å²) in [7, 11) is 0. The number of hydrogen-bond donors (Lipinski definition) is 1. The summed E-state index contributed by atoms with van der Waals surface area (Å²) in [5.74, 6) is -1.01. The monoisotopic (exact) mass is 509 g/mol. The maximum absolute atomic E-state index is 13.5. The molecule has 1 saturated heterocycles. The zero-order valence-corrected chi connectivity index (χ0v) is 20.0. The number of aromatic nitrogens is 2. The quantitative estimate of drug-likeness (QED) is 0.476. The lowest BCUT2D eigenvalue weighted by atomic mass is 9.74. The maximum atomic E-state index is 13.5. The molecule has 37 heavy (non-hydrogen) atoms. The minimum absolute atomic E-state index is 0.0401. The van der Waals surface area contributed by atoms with Gasteiger partial charge in [0.1, 0.15) is 0 Å². The Morgan fingerprint density at radius 2 is 1.65 bits per heavy atom. The van der Waals surface area contributed by atoms with Crippen LogP contribution in [0.5, 0.6) is 0 Å². The van der Waals surface area contributed by atoms with Gasteiger partial charge in [0.2, 0.25) is 5.91 Å². The van der Waals surface area contributed by atoms with Gasteiger partial charge in [-0.3, -0.25) is 9.59 Å². The topological polar surface area (TPSA) is 91.0 Å². The molecule has 0 spiro atoms. The number of rotatable bonds is 7. The van der Waals surface area contributed by atoms with E-state index in [1.807, 2.05) is 30.3 Å². The van der Waals surface area contributed by atoms with Crippen LogP contribution in [-0.2, 0) is 16.4 Å². The van der Waals surface area contributed by atoms with Gasteiger partial charge in [-0.1, -0.05) is 48.5 Å². The van der Waals surface area contributed by atoms with Crippen molar-refractivity contribution in [1.29, 1.82) is 5.26 Å². The lowest BCUT2D eigenvalue weighted by molar-refractivity contribution is -0.141. The highest BCUT2D eigenvalue weighted by Crippen LogP contribution is 2.35. The van der Waals surface area contributed by atoms with Gasteiger partial charge >= 0.3 is 6.18 Å². The Morgan fingerprint density at radius 1 is 1.03 bits per heavy atom. The molecule has 0 radical (unpaired) electrons. The van der Waals surface area contributed by atoms with Crippen molar-refractivity contribution >= 4 is 11.8 Å². The lowest BCUT2D eigenvalue weighted by Gasteiger charge is -2.37. The van der Waals surface area contributed by atoms with E-state index in [0.717, 1.165) is 16.4 Å². The molecule has 10 heteroatoms. The molecule has 0 unspecified atom stereocenters. The van der Waals surface area contributed by atoms with E-state index in [1.54, 1.807) is 35.2 Å². The van der Waals surface area contributed by atoms with Crippen LogP contribution in [0.1, 0.15) is 47.3 Å². The average Bonchev–Trinajstić information content (AvgIpc) is 3.39. The van der Waals surface area contributed by atoms with Crippen LogP contribution in [0.4, 0.5) is 13.2 Å². The number of benzene rings is 2. The van der Waals surface area contributed by atoms with Gasteiger partial charge in [-0.2, -0.15) is 23.5 Å². The van der Waals surface area contributed by atoms with Crippen molar-refractivity contribution in [3.63, 3.8) is 0 Å². The summed E-state index contributed by atoms with van der Waals surface area (Å²) in [6, 6.07) is 20.2. The van der Waals surface area contributed by atoms with Crippen LogP contribution in [-0.4, -0.2) is 46.1 Å². The summed E-state index contributed by atoms with van der Waals surface area (Å²) in [4.78, 5) is 26.9. The van der Waals surface area contributed by atoms with E-state index in [4.69, 9.17) is 0 Å². The molecule has 0 saturated carbocycles. The molecular weight excluding hydrogens is 483 g/mol. The lowest BCUT2D eigenvalue weighted by Crippen LogP contribution is -2.44. The highest BCUT2D eigenvalue weighted by atomic mass is 19.4. The van der Waals surface area contributed by atoms with Crippen LogP contribution < -0.4 is 5.32 Å². The van der Waals surface area contributed by atoms with Crippen molar-refractivity contribution in [2.45, 2.75) is 37.3 Å². The average molecular weight is 510 g/mol. The Balaban J connectivity index is 1.30. The normalized spacial score (nSPS) is 15.1. The first-order chi connectivity index (χ1) is 17.7. The molecule has 1 aromatic heterocycles. The number of likely N-dealkylation sites (tertiary alicyclic amines) is 1. The first-order valence-electron chi connectivity index (χ1n) is 12.0. The van der Waals surface area contributed by atoms with Crippen molar-refractivity contribution in [2.24, 2.45) is 0 Å². The van der Waals surface area contributed by atoms with E-state index in [2.05, 4.69) is 16.5 Å². The zero-order chi connectivity index (χ0) is 26.5. The van der Waals surface area contributed by atoms with Crippen molar-refractivity contribution in [1.82, 2.24) is 20.0 Å². The van der Waals surface area contributed by atoms with Gasteiger partial charge in [0, 0.05) is 32.3 Å². The Morgan fingerprint density at radius 3 is 2.24 bits per heavy atom. The Bertz CT molecular complexity index is 1270. The summed E-state index contributed by atoms with van der Waals surface area (Å²) < 4.78 is 41.5. The number of para-hydroxylation sites is 1. The SMILES string of the molecule is N#CC1(c2ccccc2)CCN(C(=O)CCCNC(=O)c2cn(-c3ccccc3)nc2C(F)(F)F)CC1. The third-order valence-electron chi connectivity index (χ3n) is 6.61. The van der Waals surface area contributed by atoms with Crippen LogP contribution in [0.2, 0.25) is 0 Å². The molecule has 1 aliphatic heterocycles. The summed E-state index contributed by atoms with van der Waals surface area (Å²) in [6.07, 6.45) is -2.27. The minimum atomic E-state index is -4.80. The van der Waals surface area contributed by atoms with E-state index in [-0.39, 0.29) is 25.3 Å². The van der Waals surface area contributed by atoms with Crippen LogP contribution in [0.3, 0.4) is 0 Å². The molecule has 7 nitrogen and oxygen atoms in total. The second-order valence-corrected chi connectivity index (χ2v) is 8.97. The largest absolute Gasteiger partial charge is 0.435 e. The van der Waals surface area contributed by atoms with E-state index < -0.39 is 28.8 Å². The number of halogens is 3. The highest BCUT2D eigenvalue weighted by Gasteiger charge is 2.40. The van der Waals surface area contributed by atoms with E-state index in [1.165, 1.54) is 0 Å². The number of nitriles is 1. The fraction of sp³-hybridized carbons (Fsp3) is 0.333. The second kappa shape index (κ2) is 10.9. The number of nitrogens with zero attached hydrogens (tertiary/aromatic N) is 4. The smallest absolute Gasteiger partial charge is 0.352 e. The fourth-order valence-electron chi connectivity index (χ4n) is 4.52. The molecule has 4 rings (SSSR count). The Labute approximate surface area is 212 Å². The van der Waals surface area contributed by atoms with E-state index in [9.17, 15) is 28.0 Å². The highest BCUT2D eigenvalue weighted by molar-refractivity contribution is 5.95. The van der Waals surface area contributed by atoms with E-state index in [0.29, 0.717) is 31.6 Å². The Hall–Kier alpha value is -4.13. The molecular formula is C27H26F3N5O2. The molecule has 1 fully saturated rings. The minimum Gasteiger partial charge on any atom is -0.352 e. The molecule has 1 aliphatic rings. The van der Waals surface area contributed by atoms with Gasteiger partial charge < -0.3 is 10.2 Å². The molecule has 0 bridgehead atoms. The predicted molar refractivity (Wildman–Crippen MR) is 130 cm³/mol.